The summed E-state index contributed by atoms with van der Waals surface area (Å²) in [6.07, 6.45) is 4.18. The molecule has 1 aromatic carbocycles. The van der Waals surface area contributed by atoms with Gasteiger partial charge in [0, 0.05) is 25.4 Å². The lowest BCUT2D eigenvalue weighted by Crippen LogP contribution is -2.37. The van der Waals surface area contributed by atoms with E-state index < -0.39 is 0 Å². The highest BCUT2D eigenvalue weighted by Gasteiger charge is 2.21. The zero-order valence-corrected chi connectivity index (χ0v) is 14.3. The summed E-state index contributed by atoms with van der Waals surface area (Å²) >= 11 is 0. The van der Waals surface area contributed by atoms with Gasteiger partial charge in [-0.25, -0.2) is 0 Å². The Morgan fingerprint density at radius 2 is 2.12 bits per heavy atom. The van der Waals surface area contributed by atoms with E-state index >= 15 is 0 Å². The molecule has 1 unspecified atom stereocenters. The van der Waals surface area contributed by atoms with Gasteiger partial charge in [-0.1, -0.05) is 12.1 Å². The molecule has 0 bridgehead atoms. The summed E-state index contributed by atoms with van der Waals surface area (Å²) in [5, 5.41) is 15.6. The smallest absolute Gasteiger partial charge is 0.228 e. The zero-order valence-electron chi connectivity index (χ0n) is 14.3. The topological polar surface area (TPSA) is 64.6 Å². The first-order valence-electron chi connectivity index (χ1n) is 9.18. The molecule has 2 aliphatic rings. The number of carbonyl (C=O) groups is 1. The van der Waals surface area contributed by atoms with Gasteiger partial charge < -0.3 is 15.7 Å². The van der Waals surface area contributed by atoms with Crippen LogP contribution in [0.15, 0.2) is 24.3 Å². The fourth-order valence-electron chi connectivity index (χ4n) is 3.65. The Morgan fingerprint density at radius 3 is 2.83 bits per heavy atom. The van der Waals surface area contributed by atoms with Gasteiger partial charge >= 0.3 is 0 Å². The van der Waals surface area contributed by atoms with Gasteiger partial charge in [-0.05, 0) is 68.9 Å². The number of hydrogen-bond acceptors (Lipinski definition) is 4. The Kier molecular flexibility index (Phi) is 6.24. The largest absolute Gasteiger partial charge is 0.396 e. The number of rotatable bonds is 5. The fourth-order valence-corrected chi connectivity index (χ4v) is 3.65. The van der Waals surface area contributed by atoms with Crippen LogP contribution in [0.5, 0.6) is 0 Å². The van der Waals surface area contributed by atoms with E-state index in [0.717, 1.165) is 64.1 Å². The van der Waals surface area contributed by atoms with Crippen LogP contribution in [0.3, 0.4) is 0 Å². The highest BCUT2D eigenvalue weighted by Crippen LogP contribution is 2.20. The van der Waals surface area contributed by atoms with Crippen LogP contribution in [0.1, 0.15) is 31.2 Å². The summed E-state index contributed by atoms with van der Waals surface area (Å²) in [6.45, 7) is 5.10. The molecule has 0 spiro atoms. The number of amides is 1. The third-order valence-corrected chi connectivity index (χ3v) is 5.23. The van der Waals surface area contributed by atoms with E-state index in [0.29, 0.717) is 12.5 Å². The molecule has 5 nitrogen and oxygen atoms in total. The van der Waals surface area contributed by atoms with Crippen LogP contribution in [0.2, 0.25) is 0 Å². The van der Waals surface area contributed by atoms with Crippen LogP contribution >= 0.6 is 0 Å². The number of piperidine rings is 2. The van der Waals surface area contributed by atoms with Gasteiger partial charge in [0.15, 0.2) is 0 Å². The van der Waals surface area contributed by atoms with E-state index in [1.165, 1.54) is 5.56 Å². The quantitative estimate of drug-likeness (QED) is 0.770. The lowest BCUT2D eigenvalue weighted by molar-refractivity contribution is -0.120. The van der Waals surface area contributed by atoms with E-state index in [2.05, 4.69) is 27.7 Å². The molecule has 5 heteroatoms. The van der Waals surface area contributed by atoms with Crippen molar-refractivity contribution in [3.63, 3.8) is 0 Å². The molecule has 1 atom stereocenters. The predicted octanol–water partition coefficient (Wildman–Crippen LogP) is 1.83. The molecule has 0 aromatic heterocycles. The van der Waals surface area contributed by atoms with E-state index in [-0.39, 0.29) is 11.8 Å². The van der Waals surface area contributed by atoms with Gasteiger partial charge in [0.2, 0.25) is 5.91 Å². The molecule has 1 amide bonds. The first kappa shape index (κ1) is 17.4. The van der Waals surface area contributed by atoms with Gasteiger partial charge in [-0.3, -0.25) is 9.69 Å². The summed E-state index contributed by atoms with van der Waals surface area (Å²) in [6, 6.07) is 8.20. The van der Waals surface area contributed by atoms with Crippen LogP contribution < -0.4 is 10.6 Å². The average molecular weight is 331 g/mol. The maximum absolute atomic E-state index is 12.4. The minimum absolute atomic E-state index is 0.0833. The van der Waals surface area contributed by atoms with Crippen molar-refractivity contribution in [3.05, 3.63) is 29.8 Å². The zero-order chi connectivity index (χ0) is 16.8. The second kappa shape index (κ2) is 8.60. The molecule has 0 aliphatic carbocycles. The second-order valence-electron chi connectivity index (χ2n) is 7.14. The molecule has 3 rings (SSSR count). The molecule has 2 aliphatic heterocycles. The highest BCUT2D eigenvalue weighted by molar-refractivity contribution is 5.92. The number of nitrogens with one attached hydrogen (secondary N) is 2. The average Bonchev–Trinajstić information content (AvgIpc) is 2.63. The Labute approximate surface area is 144 Å². The van der Waals surface area contributed by atoms with Crippen molar-refractivity contribution < 1.29 is 9.90 Å². The maximum Gasteiger partial charge on any atom is 0.228 e. The number of likely N-dealkylation sites (tertiary alicyclic amines) is 1. The molecular formula is C19H29N3O2. The molecular weight excluding hydrogens is 302 g/mol. The van der Waals surface area contributed by atoms with Crippen LogP contribution in [-0.4, -0.2) is 48.7 Å². The van der Waals surface area contributed by atoms with Gasteiger partial charge in [0.25, 0.3) is 0 Å². The maximum atomic E-state index is 12.4. The van der Waals surface area contributed by atoms with Crippen LogP contribution in [-0.2, 0) is 11.3 Å². The van der Waals surface area contributed by atoms with Crippen molar-refractivity contribution in [3.8, 4) is 0 Å². The predicted molar refractivity (Wildman–Crippen MR) is 95.8 cm³/mol. The lowest BCUT2D eigenvalue weighted by atomic mass is 9.97. The monoisotopic (exact) mass is 331 g/mol. The van der Waals surface area contributed by atoms with Crippen molar-refractivity contribution in [1.82, 2.24) is 10.2 Å². The first-order chi connectivity index (χ1) is 11.7. The highest BCUT2D eigenvalue weighted by atomic mass is 16.3. The SMILES string of the molecule is O=C(Nc1cccc(CN2CCC(CO)CC2)c1)C1CCCNC1. The van der Waals surface area contributed by atoms with E-state index in [1.807, 2.05) is 12.1 Å². The summed E-state index contributed by atoms with van der Waals surface area (Å²) < 4.78 is 0. The molecule has 132 valence electrons. The van der Waals surface area contributed by atoms with Crippen molar-refractivity contribution in [1.29, 1.82) is 0 Å². The minimum Gasteiger partial charge on any atom is -0.396 e. The van der Waals surface area contributed by atoms with Crippen molar-refractivity contribution in [2.24, 2.45) is 11.8 Å². The standard InChI is InChI=1S/C19H29N3O2/c23-14-15-6-9-22(10-7-15)13-16-3-1-5-18(11-16)21-19(24)17-4-2-8-20-12-17/h1,3,5,11,15,17,20,23H,2,4,6-10,12-14H2,(H,21,24). The number of anilines is 1. The van der Waals surface area contributed by atoms with Crippen LogP contribution in [0.25, 0.3) is 0 Å². The van der Waals surface area contributed by atoms with Crippen molar-refractivity contribution in [2.75, 3.05) is 38.1 Å². The number of hydrogen-bond donors (Lipinski definition) is 3. The van der Waals surface area contributed by atoms with Gasteiger partial charge in [0.05, 0.1) is 5.92 Å². The lowest BCUT2D eigenvalue weighted by Gasteiger charge is -2.31. The van der Waals surface area contributed by atoms with E-state index in [4.69, 9.17) is 0 Å². The first-order valence-corrected chi connectivity index (χ1v) is 9.18. The third-order valence-electron chi connectivity index (χ3n) is 5.23. The van der Waals surface area contributed by atoms with Gasteiger partial charge in [-0.2, -0.15) is 0 Å². The van der Waals surface area contributed by atoms with E-state index in [9.17, 15) is 9.90 Å². The van der Waals surface area contributed by atoms with E-state index in [1.54, 1.807) is 0 Å². The summed E-state index contributed by atoms with van der Waals surface area (Å²) in [4.78, 5) is 14.8. The number of aliphatic hydroxyl groups excluding tert-OH is 1. The molecule has 2 saturated heterocycles. The molecule has 24 heavy (non-hydrogen) atoms. The molecule has 0 radical (unpaired) electrons. The fraction of sp³-hybridized carbons (Fsp3) is 0.632. The Hall–Kier alpha value is -1.43. The minimum atomic E-state index is 0.0833. The molecule has 0 saturated carbocycles. The van der Waals surface area contributed by atoms with Gasteiger partial charge in [0.1, 0.15) is 0 Å². The number of carbonyl (C=O) groups excluding carboxylic acids is 1. The number of aliphatic hydroxyl groups is 1. The summed E-state index contributed by atoms with van der Waals surface area (Å²) in [7, 11) is 0. The third kappa shape index (κ3) is 4.79. The van der Waals surface area contributed by atoms with Crippen LogP contribution in [0, 0.1) is 11.8 Å². The van der Waals surface area contributed by atoms with Crippen molar-refractivity contribution >= 4 is 11.6 Å². The normalized spacial score (nSPS) is 23.1. The Bertz CT molecular complexity index is 535. The number of benzene rings is 1. The molecule has 1 aromatic rings. The van der Waals surface area contributed by atoms with Crippen LogP contribution in [0.4, 0.5) is 5.69 Å². The molecule has 2 heterocycles. The van der Waals surface area contributed by atoms with Crippen molar-refractivity contribution in [2.45, 2.75) is 32.2 Å². The number of nitrogens with zero attached hydrogens (tertiary/aromatic N) is 1. The molecule has 3 N–H and O–H groups in total. The Morgan fingerprint density at radius 1 is 1.29 bits per heavy atom. The summed E-state index contributed by atoms with van der Waals surface area (Å²) in [5.74, 6) is 0.680. The van der Waals surface area contributed by atoms with Gasteiger partial charge in [-0.15, -0.1) is 0 Å². The summed E-state index contributed by atoms with van der Waals surface area (Å²) in [5.41, 5.74) is 2.13. The Balaban J connectivity index is 1.53. The molecule has 2 fully saturated rings. The second-order valence-corrected chi connectivity index (χ2v) is 7.14.